The summed E-state index contributed by atoms with van der Waals surface area (Å²) >= 11 is 1.38. The Morgan fingerprint density at radius 1 is 1.06 bits per heavy atom. The number of carbonyl (C=O) groups is 1. The number of aromatic nitrogens is 3. The molecule has 2 aromatic carbocycles. The van der Waals surface area contributed by atoms with Crippen LogP contribution in [0.2, 0.25) is 0 Å². The quantitative estimate of drug-likeness (QED) is 0.534. The van der Waals surface area contributed by atoms with E-state index in [0.29, 0.717) is 22.8 Å². The Labute approximate surface area is 186 Å². The van der Waals surface area contributed by atoms with Gasteiger partial charge in [0.1, 0.15) is 11.5 Å². The zero-order valence-corrected chi connectivity index (χ0v) is 18.5. The molecule has 1 heterocycles. The highest BCUT2D eigenvalue weighted by molar-refractivity contribution is 7.99. The van der Waals surface area contributed by atoms with E-state index in [1.165, 1.54) is 24.6 Å². The van der Waals surface area contributed by atoms with E-state index in [-0.39, 0.29) is 11.7 Å². The largest absolute Gasteiger partial charge is 0.497 e. The minimum absolute atomic E-state index is 0.0278. The van der Waals surface area contributed by atoms with Gasteiger partial charge in [0.15, 0.2) is 11.0 Å². The third-order valence-electron chi connectivity index (χ3n) is 5.36. The minimum atomic E-state index is 0.0278. The first-order valence-electron chi connectivity index (χ1n) is 10.3. The molecule has 0 unspecified atom stereocenters. The smallest absolute Gasteiger partial charge is 0.230 e. The Balaban J connectivity index is 1.64. The minimum Gasteiger partial charge on any atom is -0.497 e. The maximum atomic E-state index is 12.5. The molecular formula is C23H26N4O3S. The molecule has 4 rings (SSSR count). The van der Waals surface area contributed by atoms with E-state index >= 15 is 0 Å². The van der Waals surface area contributed by atoms with Gasteiger partial charge in [-0.1, -0.05) is 36.7 Å². The molecule has 162 valence electrons. The van der Waals surface area contributed by atoms with Crippen LogP contribution in [0.5, 0.6) is 11.5 Å². The number of benzene rings is 2. The lowest BCUT2D eigenvalue weighted by atomic mass is 10.2. The highest BCUT2D eigenvalue weighted by atomic mass is 32.2. The SMILES string of the molecule is COc1ccc(-n2c(SCC(=O)NC3CCCC3)nnc2-c2ccccc2OC)cc1. The van der Waals surface area contributed by atoms with Gasteiger partial charge in [-0.25, -0.2) is 0 Å². The van der Waals surface area contributed by atoms with Gasteiger partial charge in [-0.15, -0.1) is 10.2 Å². The summed E-state index contributed by atoms with van der Waals surface area (Å²) in [6.07, 6.45) is 4.51. The Bertz CT molecular complexity index is 1030. The number of methoxy groups -OCH3 is 2. The molecule has 1 saturated carbocycles. The first-order chi connectivity index (χ1) is 15.2. The Morgan fingerprint density at radius 2 is 1.81 bits per heavy atom. The number of hydrogen-bond donors (Lipinski definition) is 1. The normalized spacial score (nSPS) is 13.9. The Morgan fingerprint density at radius 3 is 2.52 bits per heavy atom. The van der Waals surface area contributed by atoms with E-state index in [4.69, 9.17) is 9.47 Å². The van der Waals surface area contributed by atoms with Crippen molar-refractivity contribution in [1.29, 1.82) is 0 Å². The molecule has 1 N–H and O–H groups in total. The van der Waals surface area contributed by atoms with Crippen molar-refractivity contribution in [2.24, 2.45) is 0 Å². The van der Waals surface area contributed by atoms with Crippen molar-refractivity contribution in [3.8, 4) is 28.6 Å². The van der Waals surface area contributed by atoms with E-state index in [1.807, 2.05) is 53.1 Å². The summed E-state index contributed by atoms with van der Waals surface area (Å²) < 4.78 is 12.8. The fraction of sp³-hybridized carbons (Fsp3) is 0.348. The number of rotatable bonds is 8. The van der Waals surface area contributed by atoms with E-state index in [9.17, 15) is 4.79 Å². The maximum Gasteiger partial charge on any atom is 0.230 e. The van der Waals surface area contributed by atoms with E-state index < -0.39 is 0 Å². The Hall–Kier alpha value is -3.00. The third-order valence-corrected chi connectivity index (χ3v) is 6.29. The van der Waals surface area contributed by atoms with Gasteiger partial charge < -0.3 is 14.8 Å². The molecule has 1 aromatic heterocycles. The van der Waals surface area contributed by atoms with E-state index in [2.05, 4.69) is 15.5 Å². The first kappa shape index (κ1) is 21.2. The third kappa shape index (κ3) is 4.85. The summed E-state index contributed by atoms with van der Waals surface area (Å²) in [5.41, 5.74) is 1.71. The molecule has 31 heavy (non-hydrogen) atoms. The van der Waals surface area contributed by atoms with Gasteiger partial charge >= 0.3 is 0 Å². The fourth-order valence-corrected chi connectivity index (χ4v) is 4.56. The highest BCUT2D eigenvalue weighted by Crippen LogP contribution is 2.33. The zero-order valence-electron chi connectivity index (χ0n) is 17.7. The molecule has 3 aromatic rings. The van der Waals surface area contributed by atoms with Crippen molar-refractivity contribution in [3.63, 3.8) is 0 Å². The van der Waals surface area contributed by atoms with Crippen LogP contribution >= 0.6 is 11.8 Å². The van der Waals surface area contributed by atoms with Gasteiger partial charge in [0.2, 0.25) is 5.91 Å². The second-order valence-corrected chi connectivity index (χ2v) is 8.32. The molecule has 0 bridgehead atoms. The van der Waals surface area contributed by atoms with Crippen molar-refractivity contribution in [3.05, 3.63) is 48.5 Å². The summed E-state index contributed by atoms with van der Waals surface area (Å²) in [5.74, 6) is 2.44. The summed E-state index contributed by atoms with van der Waals surface area (Å²) in [6, 6.07) is 15.7. The predicted molar refractivity (Wildman–Crippen MR) is 121 cm³/mol. The van der Waals surface area contributed by atoms with Crippen molar-refractivity contribution < 1.29 is 14.3 Å². The van der Waals surface area contributed by atoms with Crippen molar-refractivity contribution in [1.82, 2.24) is 20.1 Å². The summed E-state index contributed by atoms with van der Waals surface area (Å²) in [5, 5.41) is 12.6. The number of para-hydroxylation sites is 1. The van der Waals surface area contributed by atoms with Gasteiger partial charge in [-0.05, 0) is 49.2 Å². The van der Waals surface area contributed by atoms with Crippen molar-refractivity contribution in [2.75, 3.05) is 20.0 Å². The number of nitrogens with zero attached hydrogens (tertiary/aromatic N) is 3. The van der Waals surface area contributed by atoms with Crippen LogP contribution in [0.15, 0.2) is 53.7 Å². The lowest BCUT2D eigenvalue weighted by molar-refractivity contribution is -0.119. The summed E-state index contributed by atoms with van der Waals surface area (Å²) in [6.45, 7) is 0. The maximum absolute atomic E-state index is 12.5. The molecule has 1 fully saturated rings. The van der Waals surface area contributed by atoms with E-state index in [1.54, 1.807) is 14.2 Å². The topological polar surface area (TPSA) is 78.3 Å². The van der Waals surface area contributed by atoms with Crippen LogP contribution < -0.4 is 14.8 Å². The number of nitrogens with one attached hydrogen (secondary N) is 1. The molecule has 0 saturated heterocycles. The van der Waals surface area contributed by atoms with Crippen molar-refractivity contribution >= 4 is 17.7 Å². The first-order valence-corrected chi connectivity index (χ1v) is 11.3. The number of ether oxygens (including phenoxy) is 2. The Kier molecular flexibility index (Phi) is 6.76. The van der Waals surface area contributed by atoms with Crippen LogP contribution in [0, 0.1) is 0 Å². The van der Waals surface area contributed by atoms with Gasteiger partial charge in [0.25, 0.3) is 0 Å². The second-order valence-electron chi connectivity index (χ2n) is 7.38. The second kappa shape index (κ2) is 9.87. The van der Waals surface area contributed by atoms with Gasteiger partial charge in [-0.3, -0.25) is 9.36 Å². The van der Waals surface area contributed by atoms with Crippen molar-refractivity contribution in [2.45, 2.75) is 36.9 Å². The molecule has 0 radical (unpaired) electrons. The zero-order chi connectivity index (χ0) is 21.6. The average Bonchev–Trinajstić information content (AvgIpc) is 3.47. The molecule has 1 aliphatic carbocycles. The predicted octanol–water partition coefficient (Wildman–Crippen LogP) is 4.10. The molecule has 7 nitrogen and oxygen atoms in total. The van der Waals surface area contributed by atoms with Gasteiger partial charge in [0.05, 0.1) is 31.2 Å². The van der Waals surface area contributed by atoms with Gasteiger partial charge in [-0.2, -0.15) is 0 Å². The monoisotopic (exact) mass is 438 g/mol. The molecule has 0 aliphatic heterocycles. The summed E-state index contributed by atoms with van der Waals surface area (Å²) in [7, 11) is 3.27. The highest BCUT2D eigenvalue weighted by Gasteiger charge is 2.21. The molecule has 0 spiro atoms. The fourth-order valence-electron chi connectivity index (χ4n) is 3.80. The molecule has 1 amide bonds. The van der Waals surface area contributed by atoms with Crippen LogP contribution in [0.1, 0.15) is 25.7 Å². The standard InChI is InChI=1S/C23H26N4O3S/c1-29-18-13-11-17(12-14-18)27-22(19-9-5-6-10-20(19)30-2)25-26-23(27)31-15-21(28)24-16-7-3-4-8-16/h5-6,9-14,16H,3-4,7-8,15H2,1-2H3,(H,24,28). The van der Waals surface area contributed by atoms with Crippen LogP contribution in [-0.4, -0.2) is 46.7 Å². The van der Waals surface area contributed by atoms with Crippen LogP contribution in [0.3, 0.4) is 0 Å². The van der Waals surface area contributed by atoms with Gasteiger partial charge in [0, 0.05) is 6.04 Å². The number of hydrogen-bond acceptors (Lipinski definition) is 6. The lowest BCUT2D eigenvalue weighted by Crippen LogP contribution is -2.33. The number of thioether (sulfide) groups is 1. The summed E-state index contributed by atoms with van der Waals surface area (Å²) in [4.78, 5) is 12.5. The molecule has 1 aliphatic rings. The molecule has 0 atom stereocenters. The van der Waals surface area contributed by atoms with E-state index in [0.717, 1.165) is 29.8 Å². The molecule has 8 heteroatoms. The van der Waals surface area contributed by atoms with Crippen LogP contribution in [0.25, 0.3) is 17.1 Å². The average molecular weight is 439 g/mol. The number of carbonyl (C=O) groups excluding carboxylic acids is 1. The lowest BCUT2D eigenvalue weighted by Gasteiger charge is -2.14. The van der Waals surface area contributed by atoms with Crippen LogP contribution in [-0.2, 0) is 4.79 Å². The number of amides is 1. The molecular weight excluding hydrogens is 412 g/mol. The van der Waals surface area contributed by atoms with Crippen LogP contribution in [0.4, 0.5) is 0 Å².